The molecule has 0 aliphatic carbocycles. The fraction of sp³-hybridized carbons (Fsp3) is 0.292. The molecule has 1 unspecified atom stereocenters. The molecule has 0 spiro atoms. The van der Waals surface area contributed by atoms with E-state index in [1.807, 2.05) is 66.4 Å². The standard InChI is InChI=1S/C24H25N5O2/c1-18-22(17-26-29(18)20-6-4-3-5-7-20)24(30)28-14-12-27(13-15-28)23(16-25)19-8-10-21(31-2)11-9-19/h3-11,17,23H,12-15H2,1-2H3. The molecule has 0 N–H and O–H groups in total. The molecular weight excluding hydrogens is 390 g/mol. The van der Waals surface area contributed by atoms with E-state index in [0.29, 0.717) is 31.7 Å². The van der Waals surface area contributed by atoms with Gasteiger partial charge in [0.05, 0.1) is 36.3 Å². The highest BCUT2D eigenvalue weighted by Crippen LogP contribution is 2.24. The molecule has 7 heteroatoms. The maximum atomic E-state index is 13.1. The van der Waals surface area contributed by atoms with Crippen LogP contribution in [0.15, 0.2) is 60.8 Å². The van der Waals surface area contributed by atoms with Crippen LogP contribution in [0.1, 0.15) is 27.7 Å². The molecule has 0 radical (unpaired) electrons. The van der Waals surface area contributed by atoms with Gasteiger partial charge in [-0.25, -0.2) is 4.68 Å². The molecule has 0 saturated carbocycles. The molecule has 4 rings (SSSR count). The van der Waals surface area contributed by atoms with Crippen molar-refractivity contribution >= 4 is 5.91 Å². The maximum Gasteiger partial charge on any atom is 0.257 e. The molecule has 7 nitrogen and oxygen atoms in total. The van der Waals surface area contributed by atoms with Crippen molar-refractivity contribution < 1.29 is 9.53 Å². The number of methoxy groups -OCH3 is 1. The van der Waals surface area contributed by atoms with Crippen LogP contribution in [0, 0.1) is 18.3 Å². The van der Waals surface area contributed by atoms with E-state index in [1.54, 1.807) is 18.0 Å². The first-order valence-electron chi connectivity index (χ1n) is 10.3. The van der Waals surface area contributed by atoms with Crippen molar-refractivity contribution in [1.29, 1.82) is 5.26 Å². The van der Waals surface area contributed by atoms with Gasteiger partial charge >= 0.3 is 0 Å². The van der Waals surface area contributed by atoms with Gasteiger partial charge in [-0.3, -0.25) is 9.69 Å². The number of hydrogen-bond acceptors (Lipinski definition) is 5. The Balaban J connectivity index is 1.43. The first kappa shape index (κ1) is 20.6. The van der Waals surface area contributed by atoms with Crippen LogP contribution in [0.2, 0.25) is 0 Å². The summed E-state index contributed by atoms with van der Waals surface area (Å²) in [7, 11) is 1.62. The minimum atomic E-state index is -0.342. The Morgan fingerprint density at radius 2 is 1.74 bits per heavy atom. The van der Waals surface area contributed by atoms with Crippen molar-refractivity contribution in [2.45, 2.75) is 13.0 Å². The molecule has 1 atom stereocenters. The Morgan fingerprint density at radius 1 is 1.06 bits per heavy atom. The molecule has 1 aliphatic heterocycles. The third-order valence-electron chi connectivity index (χ3n) is 5.76. The van der Waals surface area contributed by atoms with Gasteiger partial charge in [-0.15, -0.1) is 0 Å². The number of rotatable bonds is 5. The third kappa shape index (κ3) is 4.16. The first-order valence-corrected chi connectivity index (χ1v) is 10.3. The van der Waals surface area contributed by atoms with Gasteiger partial charge in [0.15, 0.2) is 0 Å². The summed E-state index contributed by atoms with van der Waals surface area (Å²) in [6, 6.07) is 19.4. The van der Waals surface area contributed by atoms with Crippen molar-refractivity contribution in [3.8, 4) is 17.5 Å². The highest BCUT2D eigenvalue weighted by molar-refractivity contribution is 5.95. The van der Waals surface area contributed by atoms with E-state index in [9.17, 15) is 10.1 Å². The number of ether oxygens (including phenoxy) is 1. The zero-order valence-electron chi connectivity index (χ0n) is 17.7. The molecule has 2 aromatic carbocycles. The minimum Gasteiger partial charge on any atom is -0.497 e. The van der Waals surface area contributed by atoms with Crippen molar-refractivity contribution in [2.24, 2.45) is 0 Å². The predicted octanol–water partition coefficient (Wildman–Crippen LogP) is 3.21. The van der Waals surface area contributed by atoms with E-state index in [0.717, 1.165) is 22.7 Å². The number of para-hydroxylation sites is 1. The molecular formula is C24H25N5O2. The number of nitrogens with zero attached hydrogens (tertiary/aromatic N) is 5. The Kier molecular flexibility index (Phi) is 6.01. The van der Waals surface area contributed by atoms with Gasteiger partial charge in [-0.2, -0.15) is 10.4 Å². The SMILES string of the molecule is COc1ccc(C(C#N)N2CCN(C(=O)c3cnn(-c4ccccc4)c3C)CC2)cc1. The highest BCUT2D eigenvalue weighted by atomic mass is 16.5. The van der Waals surface area contributed by atoms with Gasteiger partial charge in [-0.05, 0) is 36.8 Å². The summed E-state index contributed by atoms with van der Waals surface area (Å²) in [5, 5.41) is 14.2. The molecule has 1 fully saturated rings. The average Bonchev–Trinajstić information content (AvgIpc) is 3.22. The van der Waals surface area contributed by atoms with Crippen LogP contribution in [0.4, 0.5) is 0 Å². The third-order valence-corrected chi connectivity index (χ3v) is 5.76. The Labute approximate surface area is 182 Å². The van der Waals surface area contributed by atoms with Crippen LogP contribution in [0.5, 0.6) is 5.75 Å². The van der Waals surface area contributed by atoms with E-state index in [2.05, 4.69) is 16.1 Å². The number of carbonyl (C=O) groups is 1. The van der Waals surface area contributed by atoms with Gasteiger partial charge in [0.2, 0.25) is 0 Å². The normalized spacial score (nSPS) is 15.3. The highest BCUT2D eigenvalue weighted by Gasteiger charge is 2.29. The average molecular weight is 415 g/mol. The molecule has 1 aromatic heterocycles. The molecule has 1 aliphatic rings. The van der Waals surface area contributed by atoms with Crippen LogP contribution < -0.4 is 4.74 Å². The summed E-state index contributed by atoms with van der Waals surface area (Å²) in [6.07, 6.45) is 1.65. The lowest BCUT2D eigenvalue weighted by Gasteiger charge is -2.37. The Hall–Kier alpha value is -3.63. The zero-order valence-corrected chi connectivity index (χ0v) is 17.7. The van der Waals surface area contributed by atoms with Crippen LogP contribution in [-0.2, 0) is 0 Å². The van der Waals surface area contributed by atoms with Crippen LogP contribution in [0.3, 0.4) is 0 Å². The molecule has 158 valence electrons. The lowest BCUT2D eigenvalue weighted by atomic mass is 10.1. The second kappa shape index (κ2) is 9.02. The van der Waals surface area contributed by atoms with E-state index >= 15 is 0 Å². The largest absolute Gasteiger partial charge is 0.497 e. The summed E-state index contributed by atoms with van der Waals surface area (Å²) in [5.74, 6) is 0.750. The summed E-state index contributed by atoms with van der Waals surface area (Å²) in [4.78, 5) is 17.1. The van der Waals surface area contributed by atoms with E-state index in [4.69, 9.17) is 4.74 Å². The predicted molar refractivity (Wildman–Crippen MR) is 117 cm³/mol. The van der Waals surface area contributed by atoms with Crippen LogP contribution >= 0.6 is 0 Å². The van der Waals surface area contributed by atoms with E-state index in [1.165, 1.54) is 0 Å². The summed E-state index contributed by atoms with van der Waals surface area (Å²) in [6.45, 7) is 4.34. The fourth-order valence-corrected chi connectivity index (χ4v) is 3.96. The Morgan fingerprint density at radius 3 is 2.35 bits per heavy atom. The number of amides is 1. The number of nitriles is 1. The van der Waals surface area contributed by atoms with Gasteiger partial charge in [0, 0.05) is 26.2 Å². The van der Waals surface area contributed by atoms with Crippen molar-refractivity contribution in [1.82, 2.24) is 19.6 Å². The molecule has 3 aromatic rings. The lowest BCUT2D eigenvalue weighted by molar-refractivity contribution is 0.0605. The van der Waals surface area contributed by atoms with Crippen molar-refractivity contribution in [3.63, 3.8) is 0 Å². The van der Waals surface area contributed by atoms with Gasteiger partial charge in [-0.1, -0.05) is 30.3 Å². The lowest BCUT2D eigenvalue weighted by Crippen LogP contribution is -2.49. The summed E-state index contributed by atoms with van der Waals surface area (Å²) < 4.78 is 6.99. The van der Waals surface area contributed by atoms with E-state index < -0.39 is 0 Å². The molecule has 1 saturated heterocycles. The Bertz CT molecular complexity index is 1080. The zero-order chi connectivity index (χ0) is 21.8. The number of aromatic nitrogens is 2. The van der Waals surface area contributed by atoms with E-state index in [-0.39, 0.29) is 11.9 Å². The number of hydrogen-bond donors (Lipinski definition) is 0. The van der Waals surface area contributed by atoms with Crippen molar-refractivity contribution in [3.05, 3.63) is 77.6 Å². The number of piperazine rings is 1. The summed E-state index contributed by atoms with van der Waals surface area (Å²) in [5.41, 5.74) is 3.30. The van der Waals surface area contributed by atoms with Gasteiger partial charge in [0.25, 0.3) is 5.91 Å². The minimum absolute atomic E-state index is 0.0164. The smallest absolute Gasteiger partial charge is 0.257 e. The monoisotopic (exact) mass is 415 g/mol. The molecule has 2 heterocycles. The first-order chi connectivity index (χ1) is 15.1. The topological polar surface area (TPSA) is 74.4 Å². The fourth-order valence-electron chi connectivity index (χ4n) is 3.96. The number of carbonyl (C=O) groups excluding carboxylic acids is 1. The summed E-state index contributed by atoms with van der Waals surface area (Å²) >= 11 is 0. The number of benzene rings is 2. The van der Waals surface area contributed by atoms with Gasteiger partial charge < -0.3 is 9.64 Å². The second-order valence-electron chi connectivity index (χ2n) is 7.52. The van der Waals surface area contributed by atoms with Crippen LogP contribution in [-0.4, -0.2) is 58.8 Å². The molecule has 31 heavy (non-hydrogen) atoms. The van der Waals surface area contributed by atoms with Crippen LogP contribution in [0.25, 0.3) is 5.69 Å². The molecule has 1 amide bonds. The second-order valence-corrected chi connectivity index (χ2v) is 7.52. The van der Waals surface area contributed by atoms with Gasteiger partial charge in [0.1, 0.15) is 11.8 Å². The van der Waals surface area contributed by atoms with Crippen molar-refractivity contribution in [2.75, 3.05) is 33.3 Å². The molecule has 0 bridgehead atoms. The maximum absolute atomic E-state index is 13.1. The quantitative estimate of drug-likeness (QED) is 0.640.